The molecule has 0 aromatic rings. The van der Waals surface area contributed by atoms with E-state index in [2.05, 4.69) is 55.4 Å². The first kappa shape index (κ1) is 26.3. The Hall–Kier alpha value is -0.723. The minimum Gasteiger partial charge on any atom is -0.462 e. The predicted octanol–water partition coefficient (Wildman–Crippen LogP) is 5.65. The lowest BCUT2D eigenvalue weighted by atomic mass is 9.81. The Morgan fingerprint density at radius 2 is 1.48 bits per heavy atom. The van der Waals surface area contributed by atoms with Crippen molar-refractivity contribution < 1.29 is 23.2 Å². The van der Waals surface area contributed by atoms with E-state index in [-0.39, 0.29) is 51.8 Å². The van der Waals surface area contributed by atoms with Gasteiger partial charge in [0.25, 0.3) is 0 Å². The lowest BCUT2D eigenvalue weighted by Crippen LogP contribution is -2.66. The minimum atomic E-state index is -2.70. The first-order valence-electron chi connectivity index (χ1n) is 11.1. The van der Waals surface area contributed by atoms with Gasteiger partial charge in [0, 0.05) is 34.9 Å². The molecule has 1 aliphatic heterocycles. The van der Waals surface area contributed by atoms with Gasteiger partial charge in [-0.05, 0) is 13.3 Å². The van der Waals surface area contributed by atoms with E-state index in [9.17, 15) is 9.59 Å². The second-order valence-corrected chi connectivity index (χ2v) is 15.6. The summed E-state index contributed by atoms with van der Waals surface area (Å²) in [5.41, 5.74) is 0. The van der Waals surface area contributed by atoms with Gasteiger partial charge in [-0.3, -0.25) is 9.59 Å². The molecule has 0 radical (unpaired) electrons. The quantitative estimate of drug-likeness (QED) is 0.404. The van der Waals surface area contributed by atoms with Crippen LogP contribution in [0.4, 0.5) is 0 Å². The lowest BCUT2D eigenvalue weighted by molar-refractivity contribution is -0.153. The highest BCUT2D eigenvalue weighted by atomic mass is 28.4. The van der Waals surface area contributed by atoms with Gasteiger partial charge in [0.2, 0.25) is 0 Å². The van der Waals surface area contributed by atoms with Gasteiger partial charge in [0.05, 0.1) is 12.0 Å². The van der Waals surface area contributed by atoms with Crippen molar-refractivity contribution >= 4 is 20.3 Å². The number of ether oxygens (including phenoxy) is 1. The molecule has 0 aliphatic carbocycles. The summed E-state index contributed by atoms with van der Waals surface area (Å²) in [4.78, 5) is 24.8. The van der Waals surface area contributed by atoms with E-state index in [0.29, 0.717) is 6.42 Å². The molecular weight excluding hydrogens is 384 g/mol. The number of rotatable bonds is 6. The second kappa shape index (κ2) is 9.19. The van der Waals surface area contributed by atoms with E-state index >= 15 is 0 Å². The van der Waals surface area contributed by atoms with Gasteiger partial charge in [0.1, 0.15) is 11.9 Å². The van der Waals surface area contributed by atoms with Gasteiger partial charge in [-0.25, -0.2) is 0 Å². The largest absolute Gasteiger partial charge is 0.462 e. The van der Waals surface area contributed by atoms with Crippen LogP contribution < -0.4 is 0 Å². The third-order valence-electron chi connectivity index (χ3n) is 6.56. The van der Waals surface area contributed by atoms with Crippen molar-refractivity contribution in [2.24, 2.45) is 17.8 Å². The molecule has 5 nitrogen and oxygen atoms in total. The van der Waals surface area contributed by atoms with Crippen LogP contribution in [0, 0.1) is 17.8 Å². The summed E-state index contributed by atoms with van der Waals surface area (Å²) in [6.45, 7) is 24.5. The van der Waals surface area contributed by atoms with E-state index in [1.807, 2.05) is 20.8 Å². The molecule has 0 amide bonds. The first-order chi connectivity index (χ1) is 13.0. The van der Waals surface area contributed by atoms with Gasteiger partial charge in [-0.15, -0.1) is 0 Å². The summed E-state index contributed by atoms with van der Waals surface area (Å²) in [5, 5.41) is -0.286. The second-order valence-electron chi connectivity index (χ2n) is 10.9. The molecular formula is C23H44O5Si. The van der Waals surface area contributed by atoms with Gasteiger partial charge in [-0.1, -0.05) is 69.2 Å². The molecule has 0 aromatic carbocycles. The number of Topliss-reactive ketones (excluding diaryl/α,β-unsaturated/α-hetero) is 1. The van der Waals surface area contributed by atoms with Crippen molar-refractivity contribution in [2.75, 3.05) is 0 Å². The van der Waals surface area contributed by atoms with Crippen molar-refractivity contribution in [1.29, 1.82) is 0 Å². The van der Waals surface area contributed by atoms with E-state index in [1.165, 1.54) is 6.92 Å². The molecule has 0 spiro atoms. The highest BCUT2D eigenvalue weighted by Crippen LogP contribution is 2.56. The number of carbonyl (C=O) groups excluding carboxylic acids is 2. The molecule has 0 aromatic heterocycles. The molecule has 1 saturated heterocycles. The van der Waals surface area contributed by atoms with E-state index < -0.39 is 14.7 Å². The Bertz CT molecular complexity index is 575. The maximum Gasteiger partial charge on any atom is 0.349 e. The van der Waals surface area contributed by atoms with Crippen LogP contribution in [0.3, 0.4) is 0 Å². The number of ketones is 1. The standard InChI is InChI=1S/C23H44O5Si/c1-13-19(26-18(6)24)15(3)20(25)16(4)21-14(2)17(5)27-29(28-21,22(7,8)9)23(10,11)12/h14-17,19,21H,13H2,1-12H3/t14-,15?,16-,17+,19?,21-/m1/s1. The zero-order chi connectivity index (χ0) is 22.9. The number of hydrogen-bond acceptors (Lipinski definition) is 5. The summed E-state index contributed by atoms with van der Waals surface area (Å²) in [7, 11) is -2.70. The minimum absolute atomic E-state index is 0.0138. The molecule has 170 valence electrons. The Labute approximate surface area is 179 Å². The Morgan fingerprint density at radius 1 is 1.00 bits per heavy atom. The average molecular weight is 429 g/mol. The van der Waals surface area contributed by atoms with Crippen molar-refractivity contribution in [1.82, 2.24) is 0 Å². The molecule has 0 N–H and O–H groups in total. The fraction of sp³-hybridized carbons (Fsp3) is 0.913. The molecule has 1 rings (SSSR count). The molecule has 1 aliphatic rings. The summed E-state index contributed by atoms with van der Waals surface area (Å²) < 4.78 is 19.0. The molecule has 29 heavy (non-hydrogen) atoms. The summed E-state index contributed by atoms with van der Waals surface area (Å²) in [6.07, 6.45) is 0.0124. The van der Waals surface area contributed by atoms with Crippen LogP contribution >= 0.6 is 0 Å². The molecule has 6 heteroatoms. The van der Waals surface area contributed by atoms with Crippen molar-refractivity contribution in [2.45, 2.75) is 118 Å². The summed E-state index contributed by atoms with van der Waals surface area (Å²) in [5.74, 6) is -0.823. The summed E-state index contributed by atoms with van der Waals surface area (Å²) in [6, 6.07) is 0. The van der Waals surface area contributed by atoms with Crippen LogP contribution in [0.15, 0.2) is 0 Å². The Kier molecular flexibility index (Phi) is 8.34. The van der Waals surface area contributed by atoms with Crippen LogP contribution in [-0.4, -0.2) is 38.6 Å². The predicted molar refractivity (Wildman–Crippen MR) is 119 cm³/mol. The maximum atomic E-state index is 13.4. The number of carbonyl (C=O) groups is 2. The topological polar surface area (TPSA) is 61.8 Å². The molecule has 0 saturated carbocycles. The van der Waals surface area contributed by atoms with Gasteiger partial charge >= 0.3 is 14.5 Å². The zero-order valence-electron chi connectivity index (χ0n) is 20.7. The Morgan fingerprint density at radius 3 is 1.86 bits per heavy atom. The van der Waals surface area contributed by atoms with Crippen LogP contribution in [0.5, 0.6) is 0 Å². The fourth-order valence-corrected chi connectivity index (χ4v) is 10.1. The summed E-state index contributed by atoms with van der Waals surface area (Å²) >= 11 is 0. The number of hydrogen-bond donors (Lipinski definition) is 0. The highest BCUT2D eigenvalue weighted by Gasteiger charge is 2.63. The van der Waals surface area contributed by atoms with Gasteiger partial charge < -0.3 is 13.6 Å². The maximum absolute atomic E-state index is 13.4. The SMILES string of the molecule is CCC(OC(C)=O)C(C)C(=O)[C@@H](C)[C@@H]1O[Si](C(C)(C)C)(C(C)(C)C)O[C@@H](C)[C@H]1C. The lowest BCUT2D eigenvalue weighted by Gasteiger charge is -2.57. The van der Waals surface area contributed by atoms with E-state index in [0.717, 1.165) is 0 Å². The molecule has 1 heterocycles. The van der Waals surface area contributed by atoms with E-state index in [1.54, 1.807) is 0 Å². The molecule has 2 unspecified atom stereocenters. The van der Waals surface area contributed by atoms with Crippen molar-refractivity contribution in [3.8, 4) is 0 Å². The highest BCUT2D eigenvalue weighted by molar-refractivity contribution is 6.73. The zero-order valence-corrected chi connectivity index (χ0v) is 21.7. The molecule has 1 fully saturated rings. The van der Waals surface area contributed by atoms with E-state index in [4.69, 9.17) is 13.6 Å². The normalized spacial score (nSPS) is 28.3. The van der Waals surface area contributed by atoms with Crippen LogP contribution in [0.25, 0.3) is 0 Å². The number of esters is 1. The van der Waals surface area contributed by atoms with Gasteiger partial charge in [0.15, 0.2) is 0 Å². The third kappa shape index (κ3) is 5.31. The van der Waals surface area contributed by atoms with Crippen molar-refractivity contribution in [3.63, 3.8) is 0 Å². The smallest absolute Gasteiger partial charge is 0.349 e. The van der Waals surface area contributed by atoms with Crippen molar-refractivity contribution in [3.05, 3.63) is 0 Å². The third-order valence-corrected chi connectivity index (χ3v) is 11.8. The first-order valence-corrected chi connectivity index (χ1v) is 12.9. The van der Waals surface area contributed by atoms with Crippen LogP contribution in [0.2, 0.25) is 10.1 Å². The Balaban J connectivity index is 3.25. The van der Waals surface area contributed by atoms with Crippen LogP contribution in [0.1, 0.15) is 89.5 Å². The molecule has 0 bridgehead atoms. The van der Waals surface area contributed by atoms with Crippen LogP contribution in [-0.2, 0) is 23.2 Å². The molecule has 6 atom stereocenters. The fourth-order valence-electron chi connectivity index (χ4n) is 4.86. The average Bonchev–Trinajstić information content (AvgIpc) is 2.57. The monoisotopic (exact) mass is 428 g/mol. The van der Waals surface area contributed by atoms with Gasteiger partial charge in [-0.2, -0.15) is 0 Å².